The summed E-state index contributed by atoms with van der Waals surface area (Å²) in [6, 6.07) is 12.2. The van der Waals surface area contributed by atoms with Gasteiger partial charge in [0, 0.05) is 19.6 Å². The van der Waals surface area contributed by atoms with E-state index in [1.165, 1.54) is 5.52 Å². The van der Waals surface area contributed by atoms with Crippen LogP contribution in [0, 0.1) is 20.8 Å². The highest BCUT2D eigenvalue weighted by atomic mass is 127. The molecular formula is C23H32IN5O. The first kappa shape index (κ1) is 24.0. The van der Waals surface area contributed by atoms with Crippen molar-refractivity contribution < 1.29 is 5.11 Å². The number of aromatic hydroxyl groups is 1. The van der Waals surface area contributed by atoms with Crippen LogP contribution >= 0.6 is 24.0 Å². The molecule has 0 amide bonds. The Morgan fingerprint density at radius 1 is 1.10 bits per heavy atom. The highest BCUT2D eigenvalue weighted by Crippen LogP contribution is 2.23. The first-order chi connectivity index (χ1) is 14.0. The minimum atomic E-state index is 0. The van der Waals surface area contributed by atoms with Crippen molar-refractivity contribution in [3.05, 3.63) is 58.9 Å². The molecule has 0 fully saturated rings. The van der Waals surface area contributed by atoms with E-state index in [4.69, 9.17) is 4.99 Å². The Morgan fingerprint density at radius 3 is 2.50 bits per heavy atom. The number of guanidine groups is 1. The lowest BCUT2D eigenvalue weighted by Gasteiger charge is -2.13. The molecule has 7 heteroatoms. The fourth-order valence-electron chi connectivity index (χ4n) is 3.57. The van der Waals surface area contributed by atoms with Crippen molar-refractivity contribution in [3.63, 3.8) is 0 Å². The van der Waals surface area contributed by atoms with Crippen molar-refractivity contribution in [2.45, 2.75) is 47.2 Å². The number of hydrogen-bond donors (Lipinski definition) is 3. The molecule has 3 rings (SSSR count). The molecule has 0 bridgehead atoms. The zero-order valence-corrected chi connectivity index (χ0v) is 20.5. The molecule has 2 aromatic carbocycles. The van der Waals surface area contributed by atoms with Crippen LogP contribution in [0.4, 0.5) is 0 Å². The van der Waals surface area contributed by atoms with Gasteiger partial charge in [0.25, 0.3) is 0 Å². The molecule has 0 radical (unpaired) electrons. The molecule has 0 spiro atoms. The molecule has 3 N–H and O–H groups in total. The van der Waals surface area contributed by atoms with Crippen LogP contribution < -0.4 is 10.6 Å². The zero-order valence-electron chi connectivity index (χ0n) is 18.2. The normalized spacial score (nSPS) is 11.4. The number of phenols is 1. The quantitative estimate of drug-likeness (QED) is 0.186. The zero-order chi connectivity index (χ0) is 20.8. The fourth-order valence-corrected chi connectivity index (χ4v) is 3.57. The molecule has 1 heterocycles. The van der Waals surface area contributed by atoms with Gasteiger partial charge in [-0.15, -0.1) is 24.0 Å². The molecule has 0 unspecified atom stereocenters. The summed E-state index contributed by atoms with van der Waals surface area (Å²) in [5, 5.41) is 16.6. The van der Waals surface area contributed by atoms with Gasteiger partial charge in [0.2, 0.25) is 0 Å². The second-order valence-corrected chi connectivity index (χ2v) is 7.35. The lowest BCUT2D eigenvalue weighted by Crippen LogP contribution is -2.38. The number of rotatable bonds is 7. The molecule has 0 aliphatic rings. The van der Waals surface area contributed by atoms with E-state index >= 15 is 0 Å². The molecular weight excluding hydrogens is 489 g/mol. The van der Waals surface area contributed by atoms with Gasteiger partial charge in [0.15, 0.2) is 5.96 Å². The Kier molecular flexibility index (Phi) is 8.95. The maximum atomic E-state index is 9.93. The van der Waals surface area contributed by atoms with E-state index in [1.54, 1.807) is 0 Å². The molecule has 1 aromatic heterocycles. The van der Waals surface area contributed by atoms with Crippen LogP contribution in [0.15, 0.2) is 41.4 Å². The maximum absolute atomic E-state index is 9.93. The van der Waals surface area contributed by atoms with E-state index < -0.39 is 0 Å². The Morgan fingerprint density at radius 2 is 1.80 bits per heavy atom. The van der Waals surface area contributed by atoms with Crippen LogP contribution in [0.5, 0.6) is 5.75 Å². The van der Waals surface area contributed by atoms with Crippen molar-refractivity contribution in [2.75, 3.05) is 13.1 Å². The number of imidazole rings is 1. The molecule has 0 saturated carbocycles. The van der Waals surface area contributed by atoms with Crippen LogP contribution in [0.25, 0.3) is 11.0 Å². The number of halogens is 1. The summed E-state index contributed by atoms with van der Waals surface area (Å²) < 4.78 is 2.27. The Hall–Kier alpha value is -2.29. The number of phenolic OH excluding ortho intramolecular Hbond substituents is 1. The van der Waals surface area contributed by atoms with E-state index in [9.17, 15) is 5.11 Å². The summed E-state index contributed by atoms with van der Waals surface area (Å²) in [5.74, 6) is 2.22. The third-order valence-electron chi connectivity index (χ3n) is 5.01. The van der Waals surface area contributed by atoms with Crippen molar-refractivity contribution in [2.24, 2.45) is 4.99 Å². The molecule has 30 heavy (non-hydrogen) atoms. The number of aliphatic imine (C=N–C) groups is 1. The topological polar surface area (TPSA) is 74.5 Å². The van der Waals surface area contributed by atoms with Crippen molar-refractivity contribution in [1.82, 2.24) is 20.2 Å². The van der Waals surface area contributed by atoms with Gasteiger partial charge < -0.3 is 20.3 Å². The average Bonchev–Trinajstić information content (AvgIpc) is 3.02. The van der Waals surface area contributed by atoms with Gasteiger partial charge in [-0.2, -0.15) is 0 Å². The third-order valence-corrected chi connectivity index (χ3v) is 5.01. The molecule has 6 nitrogen and oxygen atoms in total. The first-order valence-corrected chi connectivity index (χ1v) is 10.2. The predicted octanol–water partition coefficient (Wildman–Crippen LogP) is 4.43. The highest BCUT2D eigenvalue weighted by molar-refractivity contribution is 14.0. The van der Waals surface area contributed by atoms with Gasteiger partial charge in [-0.05, 0) is 62.9 Å². The summed E-state index contributed by atoms with van der Waals surface area (Å²) in [6.45, 7) is 11.1. The predicted molar refractivity (Wildman–Crippen MR) is 135 cm³/mol. The number of para-hydroxylation sites is 2. The first-order valence-electron chi connectivity index (χ1n) is 10.2. The van der Waals surface area contributed by atoms with Crippen LogP contribution in [0.2, 0.25) is 0 Å². The molecule has 0 atom stereocenters. The van der Waals surface area contributed by atoms with Gasteiger partial charge in [-0.3, -0.25) is 0 Å². The van der Waals surface area contributed by atoms with Crippen molar-refractivity contribution in [3.8, 4) is 5.75 Å². The number of benzene rings is 2. The van der Waals surface area contributed by atoms with E-state index in [0.29, 0.717) is 12.3 Å². The number of fused-ring (bicyclic) bond motifs is 1. The van der Waals surface area contributed by atoms with Gasteiger partial charge in [-0.1, -0.05) is 24.3 Å². The molecule has 0 aliphatic heterocycles. The van der Waals surface area contributed by atoms with Gasteiger partial charge in [0.05, 0.1) is 17.6 Å². The fraction of sp³-hybridized carbons (Fsp3) is 0.391. The Bertz CT molecular complexity index is 989. The molecule has 0 saturated heterocycles. The van der Waals surface area contributed by atoms with Gasteiger partial charge in [0.1, 0.15) is 11.6 Å². The standard InChI is InChI=1S/C23H31N5O.HI/c1-5-24-23(26-15-19-13-16(2)22(29)17(3)14-19)25-11-8-12-28-18(4)27-20-9-6-7-10-21(20)28;/h6-7,9-10,13-14,29H,5,8,11-12,15H2,1-4H3,(H2,24,25,26);1H. The summed E-state index contributed by atoms with van der Waals surface area (Å²) in [7, 11) is 0. The van der Waals surface area contributed by atoms with Crippen LogP contribution in [0.3, 0.4) is 0 Å². The number of nitrogens with zero attached hydrogens (tertiary/aromatic N) is 3. The summed E-state index contributed by atoms with van der Waals surface area (Å²) in [5.41, 5.74) is 5.10. The van der Waals surface area contributed by atoms with Crippen molar-refractivity contribution >= 4 is 41.0 Å². The largest absolute Gasteiger partial charge is 0.507 e. The monoisotopic (exact) mass is 521 g/mol. The Labute approximate surface area is 195 Å². The third kappa shape index (κ3) is 5.87. The smallest absolute Gasteiger partial charge is 0.191 e. The highest BCUT2D eigenvalue weighted by Gasteiger charge is 2.07. The number of nitrogens with one attached hydrogen (secondary N) is 2. The van der Waals surface area contributed by atoms with E-state index in [-0.39, 0.29) is 24.0 Å². The van der Waals surface area contributed by atoms with Crippen LogP contribution in [0.1, 0.15) is 35.9 Å². The molecule has 3 aromatic rings. The van der Waals surface area contributed by atoms with Crippen LogP contribution in [-0.2, 0) is 13.1 Å². The minimum absolute atomic E-state index is 0. The van der Waals surface area contributed by atoms with E-state index in [2.05, 4.69) is 52.2 Å². The summed E-state index contributed by atoms with van der Waals surface area (Å²) >= 11 is 0. The molecule has 0 aliphatic carbocycles. The van der Waals surface area contributed by atoms with Crippen molar-refractivity contribution in [1.29, 1.82) is 0 Å². The second-order valence-electron chi connectivity index (χ2n) is 7.35. The summed E-state index contributed by atoms with van der Waals surface area (Å²) in [4.78, 5) is 9.32. The van der Waals surface area contributed by atoms with Gasteiger partial charge in [-0.25, -0.2) is 9.98 Å². The maximum Gasteiger partial charge on any atom is 0.191 e. The van der Waals surface area contributed by atoms with Crippen LogP contribution in [-0.4, -0.2) is 33.7 Å². The van der Waals surface area contributed by atoms with E-state index in [1.807, 2.05) is 32.0 Å². The second kappa shape index (κ2) is 11.2. The lowest BCUT2D eigenvalue weighted by molar-refractivity contribution is 0.466. The molecule has 162 valence electrons. The SMILES string of the molecule is CCNC(=NCc1cc(C)c(O)c(C)c1)NCCCn1c(C)nc2ccccc21.I. The minimum Gasteiger partial charge on any atom is -0.507 e. The van der Waals surface area contributed by atoms with E-state index in [0.717, 1.165) is 60.0 Å². The Balaban J connectivity index is 0.00000320. The lowest BCUT2D eigenvalue weighted by atomic mass is 10.1. The average molecular weight is 521 g/mol. The number of aromatic nitrogens is 2. The number of aryl methyl sites for hydroxylation is 4. The summed E-state index contributed by atoms with van der Waals surface area (Å²) in [6.07, 6.45) is 0.975. The number of hydrogen-bond acceptors (Lipinski definition) is 3. The van der Waals surface area contributed by atoms with Gasteiger partial charge >= 0.3 is 0 Å².